The molecule has 1 heterocycles. The molecule has 0 aliphatic heterocycles. The quantitative estimate of drug-likeness (QED) is 0.493. The van der Waals surface area contributed by atoms with Gasteiger partial charge in [0.1, 0.15) is 0 Å². The molecule has 1 aromatic heterocycles. The highest BCUT2D eigenvalue weighted by Gasteiger charge is 2.12. The number of pyridine rings is 1. The number of aliphatic hydroxyl groups is 1. The molecule has 140 valence electrons. The molecule has 0 saturated heterocycles. The average molecular weight is 358 g/mol. The highest BCUT2D eigenvalue weighted by atomic mass is 16.5. The van der Waals surface area contributed by atoms with Crippen LogP contribution in [0.2, 0.25) is 0 Å². The second-order valence-electron chi connectivity index (χ2n) is 5.53. The molecule has 0 saturated carbocycles. The van der Waals surface area contributed by atoms with E-state index in [0.717, 1.165) is 17.8 Å². The van der Waals surface area contributed by atoms with Crippen LogP contribution in [0.4, 0.5) is 0 Å². The maximum atomic E-state index is 10.5. The molecular weight excluding hydrogens is 332 g/mol. The van der Waals surface area contributed by atoms with E-state index in [4.69, 9.17) is 9.47 Å². The molecule has 0 amide bonds. The van der Waals surface area contributed by atoms with E-state index in [0.29, 0.717) is 30.5 Å². The van der Waals surface area contributed by atoms with Crippen LogP contribution in [0.1, 0.15) is 24.3 Å². The molecule has 26 heavy (non-hydrogen) atoms. The van der Waals surface area contributed by atoms with Crippen molar-refractivity contribution in [3.8, 4) is 11.5 Å². The fourth-order valence-corrected chi connectivity index (χ4v) is 2.36. The molecule has 0 spiro atoms. The van der Waals surface area contributed by atoms with Crippen molar-refractivity contribution in [1.29, 1.82) is 0 Å². The number of nitrogens with zero attached hydrogens (tertiary/aromatic N) is 2. The fraction of sp³-hybridized carbons (Fsp3) is 0.368. The number of rotatable bonds is 8. The average Bonchev–Trinajstić information content (AvgIpc) is 2.70. The summed E-state index contributed by atoms with van der Waals surface area (Å²) in [7, 11) is 3.15. The molecule has 0 aliphatic carbocycles. The third-order valence-electron chi connectivity index (χ3n) is 3.72. The molecule has 1 aromatic carbocycles. The molecule has 7 nitrogen and oxygen atoms in total. The van der Waals surface area contributed by atoms with Crippen LogP contribution in [0.15, 0.2) is 47.6 Å². The van der Waals surface area contributed by atoms with Crippen molar-refractivity contribution < 1.29 is 14.6 Å². The topological polar surface area (TPSA) is 88.0 Å². The fourth-order valence-electron chi connectivity index (χ4n) is 2.36. The third kappa shape index (κ3) is 5.63. The molecule has 7 heteroatoms. The summed E-state index contributed by atoms with van der Waals surface area (Å²) in [4.78, 5) is 8.74. The van der Waals surface area contributed by atoms with Crippen LogP contribution < -0.4 is 20.1 Å². The van der Waals surface area contributed by atoms with Gasteiger partial charge < -0.3 is 25.2 Å². The van der Waals surface area contributed by atoms with Gasteiger partial charge in [0.2, 0.25) is 0 Å². The summed E-state index contributed by atoms with van der Waals surface area (Å²) in [5, 5.41) is 16.8. The van der Waals surface area contributed by atoms with Crippen LogP contribution in [-0.2, 0) is 6.54 Å². The maximum absolute atomic E-state index is 10.5. The lowest BCUT2D eigenvalue weighted by atomic mass is 10.1. The Kier molecular flexibility index (Phi) is 7.70. The van der Waals surface area contributed by atoms with Crippen LogP contribution in [0, 0.1) is 0 Å². The smallest absolute Gasteiger partial charge is 0.191 e. The summed E-state index contributed by atoms with van der Waals surface area (Å²) in [6, 6.07) is 11.1. The molecule has 0 radical (unpaired) electrons. The SMILES string of the molecule is CCNC(=NCc1ccccn1)NCC(O)c1ccc(OC)c(OC)c1. The van der Waals surface area contributed by atoms with Crippen molar-refractivity contribution in [2.75, 3.05) is 27.3 Å². The van der Waals surface area contributed by atoms with Crippen molar-refractivity contribution >= 4 is 5.96 Å². The molecule has 2 rings (SSSR count). The highest BCUT2D eigenvalue weighted by molar-refractivity contribution is 5.79. The van der Waals surface area contributed by atoms with E-state index in [1.54, 1.807) is 32.5 Å². The number of aliphatic imine (C=N–C) groups is 1. The molecule has 1 unspecified atom stereocenters. The number of aliphatic hydroxyl groups excluding tert-OH is 1. The van der Waals surface area contributed by atoms with Gasteiger partial charge in [0, 0.05) is 19.3 Å². The summed E-state index contributed by atoms with van der Waals surface area (Å²) in [6.07, 6.45) is 1.03. The van der Waals surface area contributed by atoms with Crippen LogP contribution >= 0.6 is 0 Å². The van der Waals surface area contributed by atoms with Gasteiger partial charge in [-0.3, -0.25) is 4.98 Å². The predicted octanol–water partition coefficient (Wildman–Crippen LogP) is 1.89. The lowest BCUT2D eigenvalue weighted by Gasteiger charge is -2.17. The summed E-state index contributed by atoms with van der Waals surface area (Å²) >= 11 is 0. The molecule has 0 fully saturated rings. The number of hydrogen-bond donors (Lipinski definition) is 3. The van der Waals surface area contributed by atoms with E-state index in [9.17, 15) is 5.11 Å². The highest BCUT2D eigenvalue weighted by Crippen LogP contribution is 2.29. The van der Waals surface area contributed by atoms with Crippen molar-refractivity contribution in [2.24, 2.45) is 4.99 Å². The zero-order chi connectivity index (χ0) is 18.8. The van der Waals surface area contributed by atoms with Gasteiger partial charge in [0.25, 0.3) is 0 Å². The predicted molar refractivity (Wildman–Crippen MR) is 102 cm³/mol. The minimum absolute atomic E-state index is 0.309. The normalized spacial score (nSPS) is 12.4. The Bertz CT molecular complexity index is 707. The Morgan fingerprint density at radius 3 is 2.62 bits per heavy atom. The van der Waals surface area contributed by atoms with E-state index < -0.39 is 6.10 Å². The summed E-state index contributed by atoms with van der Waals surface area (Å²) < 4.78 is 10.5. The van der Waals surface area contributed by atoms with E-state index in [2.05, 4.69) is 20.6 Å². The number of hydrogen-bond acceptors (Lipinski definition) is 5. The van der Waals surface area contributed by atoms with E-state index in [-0.39, 0.29) is 0 Å². The summed E-state index contributed by atoms with van der Waals surface area (Å²) in [5.41, 5.74) is 1.61. The van der Waals surface area contributed by atoms with Crippen LogP contribution in [0.25, 0.3) is 0 Å². The number of aromatic nitrogens is 1. The van der Waals surface area contributed by atoms with Gasteiger partial charge in [0.05, 0.1) is 32.6 Å². The maximum Gasteiger partial charge on any atom is 0.191 e. The monoisotopic (exact) mass is 358 g/mol. The minimum atomic E-state index is -0.714. The third-order valence-corrected chi connectivity index (χ3v) is 3.72. The molecule has 0 bridgehead atoms. The number of methoxy groups -OCH3 is 2. The lowest BCUT2D eigenvalue weighted by molar-refractivity contribution is 0.180. The van der Waals surface area contributed by atoms with Gasteiger partial charge in [-0.2, -0.15) is 0 Å². The first-order valence-corrected chi connectivity index (χ1v) is 8.50. The van der Waals surface area contributed by atoms with Crippen LogP contribution in [0.5, 0.6) is 11.5 Å². The first-order valence-electron chi connectivity index (χ1n) is 8.50. The van der Waals surface area contributed by atoms with E-state index >= 15 is 0 Å². The molecule has 2 aromatic rings. The Morgan fingerprint density at radius 1 is 1.15 bits per heavy atom. The zero-order valence-corrected chi connectivity index (χ0v) is 15.4. The van der Waals surface area contributed by atoms with E-state index in [1.807, 2.05) is 31.2 Å². The van der Waals surface area contributed by atoms with Gasteiger partial charge in [0.15, 0.2) is 17.5 Å². The number of nitrogens with one attached hydrogen (secondary N) is 2. The Balaban J connectivity index is 1.99. The molecule has 3 N–H and O–H groups in total. The van der Waals surface area contributed by atoms with Gasteiger partial charge >= 0.3 is 0 Å². The standard InChI is InChI=1S/C19H26N4O3/c1-4-20-19(22-12-15-7-5-6-10-21-15)23-13-16(24)14-8-9-17(25-2)18(11-14)26-3/h5-11,16,24H,4,12-13H2,1-3H3,(H2,20,22,23). The molecular formula is C19H26N4O3. The second kappa shape index (κ2) is 10.2. The lowest BCUT2D eigenvalue weighted by Crippen LogP contribution is -2.39. The molecule has 1 atom stereocenters. The van der Waals surface area contributed by atoms with Gasteiger partial charge in [-0.25, -0.2) is 4.99 Å². The van der Waals surface area contributed by atoms with Crippen molar-refractivity contribution in [3.63, 3.8) is 0 Å². The number of guanidine groups is 1. The Hall–Kier alpha value is -2.80. The van der Waals surface area contributed by atoms with Gasteiger partial charge in [-0.05, 0) is 36.8 Å². The first kappa shape index (κ1) is 19.5. The largest absolute Gasteiger partial charge is 0.493 e. The van der Waals surface area contributed by atoms with Crippen molar-refractivity contribution in [1.82, 2.24) is 15.6 Å². The van der Waals surface area contributed by atoms with Crippen LogP contribution in [0.3, 0.4) is 0 Å². The summed E-state index contributed by atoms with van der Waals surface area (Å²) in [6.45, 7) is 3.48. The van der Waals surface area contributed by atoms with Crippen molar-refractivity contribution in [3.05, 3.63) is 53.9 Å². The first-order chi connectivity index (χ1) is 12.7. The Labute approximate surface area is 154 Å². The minimum Gasteiger partial charge on any atom is -0.493 e. The number of ether oxygens (including phenoxy) is 2. The summed E-state index contributed by atoms with van der Waals surface area (Å²) in [5.74, 6) is 1.83. The molecule has 0 aliphatic rings. The van der Waals surface area contributed by atoms with Gasteiger partial charge in [-0.1, -0.05) is 12.1 Å². The van der Waals surface area contributed by atoms with Crippen molar-refractivity contribution in [2.45, 2.75) is 19.6 Å². The number of benzene rings is 1. The van der Waals surface area contributed by atoms with Crippen LogP contribution in [-0.4, -0.2) is 43.4 Å². The van der Waals surface area contributed by atoms with E-state index in [1.165, 1.54) is 0 Å². The van der Waals surface area contributed by atoms with Gasteiger partial charge in [-0.15, -0.1) is 0 Å². The Morgan fingerprint density at radius 2 is 1.96 bits per heavy atom. The second-order valence-corrected chi connectivity index (χ2v) is 5.53. The zero-order valence-electron chi connectivity index (χ0n) is 15.4.